The molecular weight excluding hydrogens is 940 g/mol. The molecule has 9 nitrogen and oxygen atoms in total. The maximum absolute atomic E-state index is 13.5. The summed E-state index contributed by atoms with van der Waals surface area (Å²) in [6.45, 7) is 7.02. The normalized spacial score (nSPS) is 13.9. The minimum atomic E-state index is -4.45. The van der Waals surface area contributed by atoms with Gasteiger partial charge in [0.15, 0.2) is 0 Å². The smallest absolute Gasteiger partial charge is 0.456 e. The van der Waals surface area contributed by atoms with Gasteiger partial charge in [0.1, 0.15) is 19.3 Å². The van der Waals surface area contributed by atoms with Crippen LogP contribution in [-0.2, 0) is 27.9 Å². The second-order valence-corrected chi connectivity index (χ2v) is 24.4. The number of nitrogens with zero attached hydrogens (tertiary/aromatic N) is 1. The Morgan fingerprint density at radius 3 is 1.16 bits per heavy atom. The zero-order valence-corrected chi connectivity index (χ0v) is 50.7. The van der Waals surface area contributed by atoms with Crippen LogP contribution in [0.5, 0.6) is 0 Å². The number of phosphoric acid groups is 1. The third kappa shape index (κ3) is 55.0. The van der Waals surface area contributed by atoms with Crippen molar-refractivity contribution < 1.29 is 37.3 Å². The summed E-state index contributed by atoms with van der Waals surface area (Å²) >= 11 is 0. The van der Waals surface area contributed by atoms with E-state index in [1.165, 1.54) is 205 Å². The van der Waals surface area contributed by atoms with Crippen molar-refractivity contribution in [1.29, 1.82) is 0 Å². The highest BCUT2D eigenvalue weighted by molar-refractivity contribution is 7.47. The molecule has 0 saturated heterocycles. The molecule has 3 unspecified atom stereocenters. The molecule has 1 amide bonds. The number of unbranched alkanes of at least 4 members (excludes halogenated alkanes) is 38. The number of esters is 1. The lowest BCUT2D eigenvalue weighted by molar-refractivity contribution is -0.870. The van der Waals surface area contributed by atoms with Crippen molar-refractivity contribution in [2.45, 2.75) is 322 Å². The third-order valence-electron chi connectivity index (χ3n) is 14.3. The van der Waals surface area contributed by atoms with Crippen molar-refractivity contribution >= 4 is 19.7 Å². The third-order valence-corrected chi connectivity index (χ3v) is 15.3. The maximum atomic E-state index is 13.5. The Morgan fingerprint density at radius 1 is 0.459 bits per heavy atom. The molecule has 0 aromatic rings. The quantitative estimate of drug-likeness (QED) is 0.0205. The number of ether oxygens (including phenoxy) is 1. The fourth-order valence-electron chi connectivity index (χ4n) is 9.34. The van der Waals surface area contributed by atoms with Crippen LogP contribution in [0.1, 0.15) is 310 Å². The van der Waals surface area contributed by atoms with Gasteiger partial charge in [-0.15, -0.1) is 0 Å². The molecule has 0 spiro atoms. The summed E-state index contributed by atoms with van der Waals surface area (Å²) in [7, 11) is 1.50. The van der Waals surface area contributed by atoms with Crippen LogP contribution in [0.2, 0.25) is 0 Å². The molecule has 0 aromatic heterocycles. The summed E-state index contributed by atoms with van der Waals surface area (Å²) < 4.78 is 30.7. The number of rotatable bonds is 58. The van der Waals surface area contributed by atoms with Crippen molar-refractivity contribution in [2.75, 3.05) is 40.9 Å². The molecule has 10 heteroatoms. The summed E-state index contributed by atoms with van der Waals surface area (Å²) in [5.41, 5.74) is 0. The van der Waals surface area contributed by atoms with Crippen LogP contribution in [0.3, 0.4) is 0 Å². The fraction of sp³-hybridized carbons (Fsp3) is 0.875. The molecular formula is C64H124N2O7P+. The second-order valence-electron chi connectivity index (χ2n) is 22.9. The number of quaternary nitrogens is 1. The van der Waals surface area contributed by atoms with E-state index in [0.29, 0.717) is 17.4 Å². The first-order valence-electron chi connectivity index (χ1n) is 31.8. The van der Waals surface area contributed by atoms with Gasteiger partial charge in [0.25, 0.3) is 0 Å². The minimum Gasteiger partial charge on any atom is -0.456 e. The standard InChI is InChI=1S/C64H123N2O7P/c1-7-10-13-16-19-22-25-27-29-30-31-32-33-34-35-36-37-38-41-44-47-50-53-56-63(67)65-61(60-72-74(69,70)71-59-58-66(4,5)6)62(55-52-49-46-43-40-24-21-18-15-12-9-3)73-64(68)57-54-51-48-45-42-39-28-26-23-20-17-14-11-8-2/h27,29,39,42,52,55,61-62H,7-26,28,30-38,40-41,43-51,53-54,56-60H2,1-6H3,(H-,65,67,69,70)/p+1/b29-27+,42-39-,55-52-. The Morgan fingerprint density at radius 2 is 0.784 bits per heavy atom. The van der Waals surface area contributed by atoms with Crippen molar-refractivity contribution in [1.82, 2.24) is 5.32 Å². The number of likely N-dealkylation sites (N-methyl/N-ethyl adjacent to an activating group) is 1. The number of amides is 1. The molecule has 0 aliphatic rings. The molecule has 0 radical (unpaired) electrons. The summed E-state index contributed by atoms with van der Waals surface area (Å²) in [6, 6.07) is -0.850. The zero-order valence-electron chi connectivity index (χ0n) is 49.9. The molecule has 0 rings (SSSR count). The van der Waals surface area contributed by atoms with Crippen molar-refractivity contribution in [3.05, 3.63) is 36.5 Å². The Balaban J connectivity index is 5.11. The largest absolute Gasteiger partial charge is 0.472 e. The summed E-state index contributed by atoms with van der Waals surface area (Å²) in [5.74, 6) is -0.513. The lowest BCUT2D eigenvalue weighted by Gasteiger charge is -2.27. The first-order valence-corrected chi connectivity index (χ1v) is 33.3. The zero-order chi connectivity index (χ0) is 54.3. The monoisotopic (exact) mass is 1060 g/mol. The van der Waals surface area contributed by atoms with Crippen LogP contribution >= 0.6 is 7.82 Å². The van der Waals surface area contributed by atoms with Gasteiger partial charge in [-0.2, -0.15) is 0 Å². The Bertz CT molecular complexity index is 1360. The van der Waals surface area contributed by atoms with E-state index in [9.17, 15) is 19.0 Å². The average Bonchev–Trinajstić information content (AvgIpc) is 3.36. The van der Waals surface area contributed by atoms with Gasteiger partial charge in [-0.3, -0.25) is 18.6 Å². The molecule has 2 N–H and O–H groups in total. The predicted octanol–water partition coefficient (Wildman–Crippen LogP) is 19.5. The molecule has 436 valence electrons. The van der Waals surface area contributed by atoms with E-state index in [0.717, 1.165) is 70.6 Å². The van der Waals surface area contributed by atoms with Gasteiger partial charge in [0.05, 0.1) is 33.8 Å². The maximum Gasteiger partial charge on any atom is 0.472 e. The second kappa shape index (κ2) is 54.6. The Labute approximate surface area is 459 Å². The first-order chi connectivity index (χ1) is 35.9. The topological polar surface area (TPSA) is 111 Å². The molecule has 0 aliphatic carbocycles. The Kier molecular flexibility index (Phi) is 53.3. The molecule has 0 heterocycles. The highest BCUT2D eigenvalue weighted by Crippen LogP contribution is 2.43. The average molecular weight is 1060 g/mol. The van der Waals surface area contributed by atoms with Crippen LogP contribution in [-0.4, -0.2) is 74.3 Å². The summed E-state index contributed by atoms with van der Waals surface area (Å²) in [5, 5.41) is 3.06. The van der Waals surface area contributed by atoms with Crippen LogP contribution in [0.15, 0.2) is 36.5 Å². The first kappa shape index (κ1) is 72.2. The molecule has 0 aromatic carbocycles. The van der Waals surface area contributed by atoms with Gasteiger partial charge in [0.2, 0.25) is 5.91 Å². The van der Waals surface area contributed by atoms with Gasteiger partial charge in [-0.05, 0) is 83.1 Å². The molecule has 0 aliphatic heterocycles. The van der Waals surface area contributed by atoms with Crippen LogP contribution in [0, 0.1) is 0 Å². The SMILES string of the molecule is CCCCCCCC/C=C/CCCCCCCCCCCCCCCC(=O)NC(COP(=O)(O)OCC[N+](C)(C)C)C(/C=C\CCCCCCCCCCC)OC(=O)CCCCC/C=C\CCCCCCCCC. The van der Waals surface area contributed by atoms with Gasteiger partial charge < -0.3 is 19.4 Å². The molecule has 0 fully saturated rings. The van der Waals surface area contributed by atoms with Gasteiger partial charge in [0, 0.05) is 12.8 Å². The molecule has 74 heavy (non-hydrogen) atoms. The number of nitrogens with one attached hydrogen (secondary N) is 1. The van der Waals surface area contributed by atoms with Crippen LogP contribution in [0.25, 0.3) is 0 Å². The van der Waals surface area contributed by atoms with E-state index in [4.69, 9.17) is 13.8 Å². The lowest BCUT2D eigenvalue weighted by Crippen LogP contribution is -2.47. The van der Waals surface area contributed by atoms with Gasteiger partial charge in [-0.1, -0.05) is 250 Å². The van der Waals surface area contributed by atoms with Crippen LogP contribution < -0.4 is 5.32 Å². The summed E-state index contributed by atoms with van der Waals surface area (Å²) in [6.07, 6.45) is 65.8. The highest BCUT2D eigenvalue weighted by Gasteiger charge is 2.30. The molecule has 0 saturated carbocycles. The van der Waals surface area contributed by atoms with E-state index in [2.05, 4.69) is 50.4 Å². The Hall–Kier alpha value is -1.77. The summed E-state index contributed by atoms with van der Waals surface area (Å²) in [4.78, 5) is 37.7. The van der Waals surface area contributed by atoms with Crippen LogP contribution in [0.4, 0.5) is 0 Å². The number of phosphoric ester groups is 1. The molecule has 3 atom stereocenters. The minimum absolute atomic E-state index is 0.0399. The van der Waals surface area contributed by atoms with Crippen molar-refractivity contribution in [3.63, 3.8) is 0 Å². The number of allylic oxidation sites excluding steroid dienone is 5. The van der Waals surface area contributed by atoms with Gasteiger partial charge in [-0.25, -0.2) is 4.57 Å². The number of hydrogen-bond acceptors (Lipinski definition) is 6. The molecule has 0 bridgehead atoms. The van der Waals surface area contributed by atoms with E-state index in [-0.39, 0.29) is 31.5 Å². The highest BCUT2D eigenvalue weighted by atomic mass is 31.2. The van der Waals surface area contributed by atoms with E-state index < -0.39 is 20.0 Å². The number of carbonyl (C=O) groups is 2. The van der Waals surface area contributed by atoms with E-state index in [1.807, 2.05) is 33.3 Å². The van der Waals surface area contributed by atoms with Crippen molar-refractivity contribution in [2.24, 2.45) is 0 Å². The number of hydrogen-bond donors (Lipinski definition) is 2. The van der Waals surface area contributed by atoms with Crippen molar-refractivity contribution in [3.8, 4) is 0 Å². The van der Waals surface area contributed by atoms with E-state index >= 15 is 0 Å². The van der Waals surface area contributed by atoms with Gasteiger partial charge >= 0.3 is 13.8 Å². The number of carbonyl (C=O) groups excluding carboxylic acids is 2. The lowest BCUT2D eigenvalue weighted by atomic mass is 10.0. The van der Waals surface area contributed by atoms with E-state index in [1.54, 1.807) is 0 Å². The predicted molar refractivity (Wildman–Crippen MR) is 319 cm³/mol. The fourth-order valence-corrected chi connectivity index (χ4v) is 10.1.